The zero-order valence-electron chi connectivity index (χ0n) is 7.86. The zero-order chi connectivity index (χ0) is 11.1. The van der Waals surface area contributed by atoms with E-state index in [0.717, 1.165) is 7.11 Å². The lowest BCUT2D eigenvalue weighted by Gasteiger charge is -2.17. The van der Waals surface area contributed by atoms with Gasteiger partial charge in [0, 0.05) is 0 Å². The van der Waals surface area contributed by atoms with E-state index in [-0.39, 0.29) is 13.1 Å². The molecule has 0 saturated heterocycles. The summed E-state index contributed by atoms with van der Waals surface area (Å²) < 4.78 is 4.30. The van der Waals surface area contributed by atoms with Gasteiger partial charge in [-0.2, -0.15) is 0 Å². The normalized spacial score (nSPS) is 9.36. The Labute approximate surface area is 81.0 Å². The minimum absolute atomic E-state index is 0.358. The maximum atomic E-state index is 11.1. The molecule has 0 rings (SSSR count). The van der Waals surface area contributed by atoms with E-state index in [4.69, 9.17) is 11.5 Å². The largest absolute Gasteiger partial charge is 0.468 e. The average Bonchev–Trinajstić information content (AvgIpc) is 2.23. The molecular formula is C7H13N3O4. The number of amides is 2. The van der Waals surface area contributed by atoms with Gasteiger partial charge < -0.3 is 16.2 Å². The molecule has 14 heavy (non-hydrogen) atoms. The fourth-order valence-electron chi connectivity index (χ4n) is 0.729. The Morgan fingerprint density at radius 2 is 1.57 bits per heavy atom. The number of imide groups is 1. The topological polar surface area (TPSA) is 116 Å². The van der Waals surface area contributed by atoms with E-state index in [1.54, 1.807) is 0 Å². The lowest BCUT2D eigenvalue weighted by atomic mass is 10.4. The van der Waals surface area contributed by atoms with Crippen LogP contribution in [0.15, 0.2) is 0 Å². The Balaban J connectivity index is 4.48. The quantitative estimate of drug-likeness (QED) is 0.485. The van der Waals surface area contributed by atoms with Crippen LogP contribution in [0, 0.1) is 0 Å². The Kier molecular flexibility index (Phi) is 5.42. The molecule has 80 valence electrons. The second-order valence-corrected chi connectivity index (χ2v) is 2.36. The molecule has 2 amide bonds. The summed E-state index contributed by atoms with van der Waals surface area (Å²) in [6, 6.07) is 0. The zero-order valence-corrected chi connectivity index (χ0v) is 7.86. The SMILES string of the molecule is COC(=O)CN(C(=O)CN)C(=O)CN. The summed E-state index contributed by atoms with van der Waals surface area (Å²) in [5.41, 5.74) is 10.1. The van der Waals surface area contributed by atoms with Gasteiger partial charge in [0.05, 0.1) is 20.2 Å². The summed E-state index contributed by atoms with van der Waals surface area (Å²) in [6.07, 6.45) is 0. The van der Waals surface area contributed by atoms with Gasteiger partial charge in [0.2, 0.25) is 11.8 Å². The highest BCUT2D eigenvalue weighted by molar-refractivity contribution is 5.99. The van der Waals surface area contributed by atoms with Gasteiger partial charge in [-0.05, 0) is 0 Å². The van der Waals surface area contributed by atoms with Gasteiger partial charge in [0.1, 0.15) is 6.54 Å². The van der Waals surface area contributed by atoms with E-state index < -0.39 is 24.3 Å². The fourth-order valence-corrected chi connectivity index (χ4v) is 0.729. The Morgan fingerprint density at radius 3 is 1.86 bits per heavy atom. The van der Waals surface area contributed by atoms with Gasteiger partial charge in [0.25, 0.3) is 0 Å². The first-order valence-corrected chi connectivity index (χ1v) is 3.87. The van der Waals surface area contributed by atoms with Crippen molar-refractivity contribution in [2.75, 3.05) is 26.7 Å². The van der Waals surface area contributed by atoms with E-state index >= 15 is 0 Å². The third kappa shape index (κ3) is 3.50. The van der Waals surface area contributed by atoms with Crippen molar-refractivity contribution >= 4 is 17.8 Å². The summed E-state index contributed by atoms with van der Waals surface area (Å²) in [4.78, 5) is 33.6. The van der Waals surface area contributed by atoms with Gasteiger partial charge in [-0.25, -0.2) is 0 Å². The van der Waals surface area contributed by atoms with Crippen LogP contribution in [0.5, 0.6) is 0 Å². The van der Waals surface area contributed by atoms with Gasteiger partial charge in [-0.3, -0.25) is 19.3 Å². The molecule has 0 aliphatic carbocycles. The number of carbonyl (C=O) groups is 3. The highest BCUT2D eigenvalue weighted by atomic mass is 16.5. The number of ether oxygens (including phenoxy) is 1. The molecule has 0 aliphatic rings. The van der Waals surface area contributed by atoms with Gasteiger partial charge in [-0.15, -0.1) is 0 Å². The molecule has 0 fully saturated rings. The smallest absolute Gasteiger partial charge is 0.325 e. The molecule has 0 spiro atoms. The molecule has 0 aromatic heterocycles. The number of esters is 1. The Morgan fingerprint density at radius 1 is 1.14 bits per heavy atom. The van der Waals surface area contributed by atoms with Crippen molar-refractivity contribution in [2.45, 2.75) is 0 Å². The van der Waals surface area contributed by atoms with Crippen molar-refractivity contribution in [1.82, 2.24) is 4.90 Å². The summed E-state index contributed by atoms with van der Waals surface area (Å²) in [7, 11) is 1.15. The maximum Gasteiger partial charge on any atom is 0.325 e. The summed E-state index contributed by atoms with van der Waals surface area (Å²) in [6.45, 7) is -1.17. The summed E-state index contributed by atoms with van der Waals surface area (Å²) >= 11 is 0. The molecule has 0 atom stereocenters. The van der Waals surface area contributed by atoms with E-state index in [2.05, 4.69) is 4.74 Å². The highest BCUT2D eigenvalue weighted by Crippen LogP contribution is 1.91. The predicted molar refractivity (Wildman–Crippen MR) is 46.8 cm³/mol. The number of nitrogens with two attached hydrogens (primary N) is 2. The molecule has 0 saturated carbocycles. The molecule has 0 aromatic carbocycles. The monoisotopic (exact) mass is 203 g/mol. The molecule has 0 radical (unpaired) electrons. The molecule has 4 N–H and O–H groups in total. The lowest BCUT2D eigenvalue weighted by Crippen LogP contribution is -2.46. The van der Waals surface area contributed by atoms with Crippen LogP contribution in [-0.2, 0) is 19.1 Å². The van der Waals surface area contributed by atoms with Crippen molar-refractivity contribution in [3.8, 4) is 0 Å². The van der Waals surface area contributed by atoms with Crippen LogP contribution in [0.4, 0.5) is 0 Å². The van der Waals surface area contributed by atoms with Crippen molar-refractivity contribution in [3.63, 3.8) is 0 Å². The molecule has 7 nitrogen and oxygen atoms in total. The minimum Gasteiger partial charge on any atom is -0.468 e. The summed E-state index contributed by atoms with van der Waals surface area (Å²) in [5, 5.41) is 0. The molecule has 7 heteroatoms. The van der Waals surface area contributed by atoms with Crippen molar-refractivity contribution in [3.05, 3.63) is 0 Å². The van der Waals surface area contributed by atoms with Crippen LogP contribution < -0.4 is 11.5 Å². The van der Waals surface area contributed by atoms with Gasteiger partial charge in [0.15, 0.2) is 0 Å². The number of methoxy groups -OCH3 is 1. The third-order valence-electron chi connectivity index (χ3n) is 1.47. The molecular weight excluding hydrogens is 190 g/mol. The molecule has 0 aromatic rings. The number of hydrogen-bond acceptors (Lipinski definition) is 6. The standard InChI is InChI=1S/C7H13N3O4/c1-14-7(13)4-10(5(11)2-8)6(12)3-9/h2-4,8-9H2,1H3. The van der Waals surface area contributed by atoms with Crippen LogP contribution >= 0.6 is 0 Å². The second-order valence-electron chi connectivity index (χ2n) is 2.36. The average molecular weight is 203 g/mol. The first kappa shape index (κ1) is 12.5. The van der Waals surface area contributed by atoms with Crippen LogP contribution in [0.25, 0.3) is 0 Å². The minimum atomic E-state index is -0.700. The van der Waals surface area contributed by atoms with Gasteiger partial charge in [-0.1, -0.05) is 0 Å². The lowest BCUT2D eigenvalue weighted by molar-refractivity contribution is -0.153. The Hall–Kier alpha value is -1.47. The maximum absolute atomic E-state index is 11.1. The fraction of sp³-hybridized carbons (Fsp3) is 0.571. The number of carbonyl (C=O) groups excluding carboxylic acids is 3. The number of rotatable bonds is 4. The van der Waals surface area contributed by atoms with Crippen LogP contribution in [0.1, 0.15) is 0 Å². The van der Waals surface area contributed by atoms with Crippen molar-refractivity contribution in [1.29, 1.82) is 0 Å². The summed E-state index contributed by atoms with van der Waals surface area (Å²) in [5.74, 6) is -2.02. The molecule has 0 unspecified atom stereocenters. The van der Waals surface area contributed by atoms with Crippen molar-refractivity contribution in [2.24, 2.45) is 11.5 Å². The highest BCUT2D eigenvalue weighted by Gasteiger charge is 2.21. The van der Waals surface area contributed by atoms with E-state index in [1.807, 2.05) is 0 Å². The van der Waals surface area contributed by atoms with Crippen LogP contribution in [0.3, 0.4) is 0 Å². The van der Waals surface area contributed by atoms with E-state index in [0.29, 0.717) is 4.90 Å². The van der Waals surface area contributed by atoms with E-state index in [9.17, 15) is 14.4 Å². The molecule has 0 bridgehead atoms. The van der Waals surface area contributed by atoms with Crippen LogP contribution in [-0.4, -0.2) is 49.4 Å². The first-order chi connectivity index (χ1) is 6.56. The molecule has 0 aliphatic heterocycles. The predicted octanol–water partition coefficient (Wildman–Crippen LogP) is -2.57. The first-order valence-electron chi connectivity index (χ1n) is 3.87. The second kappa shape index (κ2) is 6.06. The number of hydrogen-bond donors (Lipinski definition) is 2. The van der Waals surface area contributed by atoms with Crippen molar-refractivity contribution < 1.29 is 19.1 Å². The van der Waals surface area contributed by atoms with E-state index in [1.165, 1.54) is 0 Å². The Bertz CT molecular complexity index is 225. The van der Waals surface area contributed by atoms with Gasteiger partial charge >= 0.3 is 5.97 Å². The number of nitrogens with zero attached hydrogens (tertiary/aromatic N) is 1. The van der Waals surface area contributed by atoms with Crippen LogP contribution in [0.2, 0.25) is 0 Å². The third-order valence-corrected chi connectivity index (χ3v) is 1.47. The molecule has 0 heterocycles.